The van der Waals surface area contributed by atoms with Crippen molar-refractivity contribution in [3.05, 3.63) is 44.2 Å². The Balaban J connectivity index is 3.23. The predicted molar refractivity (Wildman–Crippen MR) is 73.5 cm³/mol. The molecule has 0 amide bonds. The van der Waals surface area contributed by atoms with Crippen LogP contribution in [0.3, 0.4) is 0 Å². The summed E-state index contributed by atoms with van der Waals surface area (Å²) in [6, 6.07) is 0. The van der Waals surface area contributed by atoms with E-state index in [4.69, 9.17) is 0 Å². The van der Waals surface area contributed by atoms with Crippen LogP contribution in [0.2, 0.25) is 0 Å². The fraction of sp³-hybridized carbons (Fsp3) is 0.333. The molecule has 94 valence electrons. The summed E-state index contributed by atoms with van der Waals surface area (Å²) in [5, 5.41) is 0.734. The molecule has 0 fully saturated rings. The minimum absolute atomic E-state index is 0.0595. The summed E-state index contributed by atoms with van der Waals surface area (Å²) in [4.78, 5) is 23.5. The summed E-state index contributed by atoms with van der Waals surface area (Å²) in [5.74, 6) is 0. The van der Waals surface area contributed by atoms with E-state index in [9.17, 15) is 9.59 Å². The first-order chi connectivity index (χ1) is 8.40. The van der Waals surface area contributed by atoms with Crippen molar-refractivity contribution < 1.29 is 4.79 Å². The molecule has 0 atom stereocenters. The lowest BCUT2D eigenvalue weighted by Crippen LogP contribution is -2.14. The highest BCUT2D eigenvalue weighted by Gasteiger charge is 2.16. The second kappa shape index (κ2) is 4.09. The third-order valence-electron chi connectivity index (χ3n) is 3.78. The third kappa shape index (κ3) is 1.50. The van der Waals surface area contributed by atoms with Crippen molar-refractivity contribution in [2.45, 2.75) is 27.7 Å². The van der Waals surface area contributed by atoms with E-state index in [0.29, 0.717) is 5.56 Å². The minimum atomic E-state index is 0.0595. The van der Waals surface area contributed by atoms with E-state index < -0.39 is 0 Å². The number of nitrogens with zero attached hydrogens (tertiary/aromatic N) is 1. The Bertz CT molecular complexity index is 724. The number of carbonyl (C=O) groups is 1. The molecule has 0 N–H and O–H groups in total. The van der Waals surface area contributed by atoms with Crippen molar-refractivity contribution >= 4 is 17.2 Å². The molecule has 0 saturated heterocycles. The van der Waals surface area contributed by atoms with E-state index in [1.165, 1.54) is 0 Å². The Morgan fingerprint density at radius 3 is 2.22 bits per heavy atom. The first kappa shape index (κ1) is 12.6. The number of aldehydes is 1. The topological polar surface area (TPSA) is 39.1 Å². The van der Waals surface area contributed by atoms with Crippen molar-refractivity contribution in [2.75, 3.05) is 0 Å². The average molecular weight is 243 g/mol. The van der Waals surface area contributed by atoms with Gasteiger partial charge in [-0.2, -0.15) is 0 Å². The molecule has 3 heteroatoms. The van der Waals surface area contributed by atoms with Crippen LogP contribution < -0.4 is 5.43 Å². The molecule has 0 spiro atoms. The highest BCUT2D eigenvalue weighted by Crippen LogP contribution is 2.26. The van der Waals surface area contributed by atoms with Crippen LogP contribution in [0.25, 0.3) is 10.9 Å². The molecule has 1 heterocycles. The van der Waals surface area contributed by atoms with Gasteiger partial charge in [0.1, 0.15) is 0 Å². The number of hydrogen-bond acceptors (Lipinski definition) is 2. The lowest BCUT2D eigenvalue weighted by molar-refractivity contribution is 0.112. The van der Waals surface area contributed by atoms with Crippen LogP contribution in [0.15, 0.2) is 11.0 Å². The predicted octanol–water partition coefficient (Wildman–Crippen LogP) is 2.58. The highest BCUT2D eigenvalue weighted by atomic mass is 16.1. The van der Waals surface area contributed by atoms with Gasteiger partial charge in [0.2, 0.25) is 0 Å². The second-order valence-electron chi connectivity index (χ2n) is 4.88. The van der Waals surface area contributed by atoms with Gasteiger partial charge >= 0.3 is 0 Å². The van der Waals surface area contributed by atoms with E-state index in [-0.39, 0.29) is 5.43 Å². The third-order valence-corrected chi connectivity index (χ3v) is 3.78. The largest absolute Gasteiger partial charge is 0.350 e. The van der Waals surface area contributed by atoms with Gasteiger partial charge in [0.05, 0.1) is 5.52 Å². The Morgan fingerprint density at radius 2 is 1.67 bits per heavy atom. The molecule has 1 aromatic heterocycles. The number of rotatable bonds is 1. The Kier molecular flexibility index (Phi) is 2.85. The Morgan fingerprint density at radius 1 is 1.06 bits per heavy atom. The summed E-state index contributed by atoms with van der Waals surface area (Å²) < 4.78 is 1.93. The maximum atomic E-state index is 12.3. The SMILES string of the molecule is Cc1c(C=O)c(C)c2c(c1C)c(=O)c(C)cn2C. The maximum absolute atomic E-state index is 12.3. The summed E-state index contributed by atoms with van der Waals surface area (Å²) in [5.41, 5.74) is 5.02. The van der Waals surface area contributed by atoms with Gasteiger partial charge in [0.15, 0.2) is 11.7 Å². The van der Waals surface area contributed by atoms with Gasteiger partial charge in [-0.05, 0) is 44.4 Å². The van der Waals surface area contributed by atoms with E-state index >= 15 is 0 Å². The van der Waals surface area contributed by atoms with Crippen molar-refractivity contribution in [3.8, 4) is 0 Å². The van der Waals surface area contributed by atoms with E-state index in [1.54, 1.807) is 0 Å². The molecule has 0 aliphatic heterocycles. The van der Waals surface area contributed by atoms with Crippen LogP contribution >= 0.6 is 0 Å². The van der Waals surface area contributed by atoms with Gasteiger partial charge < -0.3 is 4.57 Å². The number of benzene rings is 1. The molecule has 2 aromatic rings. The van der Waals surface area contributed by atoms with Crippen LogP contribution in [0.5, 0.6) is 0 Å². The Labute approximate surface area is 106 Å². The molecule has 0 bridgehead atoms. The molecule has 0 aliphatic rings. The molecule has 2 rings (SSSR count). The van der Waals surface area contributed by atoms with Crippen LogP contribution in [-0.2, 0) is 7.05 Å². The highest BCUT2D eigenvalue weighted by molar-refractivity contribution is 5.95. The van der Waals surface area contributed by atoms with Gasteiger partial charge in [-0.15, -0.1) is 0 Å². The number of carbonyl (C=O) groups excluding carboxylic acids is 1. The molecule has 0 saturated carbocycles. The lowest BCUT2D eigenvalue weighted by atomic mass is 9.93. The number of aromatic nitrogens is 1. The number of aryl methyl sites for hydroxylation is 4. The fourth-order valence-electron chi connectivity index (χ4n) is 2.67. The standard InChI is InChI=1S/C15H17NO2/c1-8-6-16(5)14-11(4)12(7-17)9(2)10(3)13(14)15(8)18/h6-7H,1-5H3. The molecule has 0 unspecified atom stereocenters. The minimum Gasteiger partial charge on any atom is -0.350 e. The normalized spacial score (nSPS) is 10.9. The first-order valence-corrected chi connectivity index (χ1v) is 5.95. The monoisotopic (exact) mass is 243 g/mol. The van der Waals surface area contributed by atoms with Crippen LogP contribution in [0.4, 0.5) is 0 Å². The zero-order chi connectivity index (χ0) is 13.6. The van der Waals surface area contributed by atoms with Gasteiger partial charge in [-0.1, -0.05) is 0 Å². The zero-order valence-electron chi connectivity index (χ0n) is 11.4. The second-order valence-corrected chi connectivity index (χ2v) is 4.88. The molecule has 0 radical (unpaired) electrons. The summed E-state index contributed by atoms with van der Waals surface area (Å²) in [6.45, 7) is 7.52. The van der Waals surface area contributed by atoms with Crippen molar-refractivity contribution in [1.29, 1.82) is 0 Å². The molecule has 18 heavy (non-hydrogen) atoms. The molecule has 0 aliphatic carbocycles. The van der Waals surface area contributed by atoms with Crippen molar-refractivity contribution in [3.63, 3.8) is 0 Å². The molecular formula is C15H17NO2. The van der Waals surface area contributed by atoms with Crippen molar-refractivity contribution in [2.24, 2.45) is 7.05 Å². The summed E-state index contributed by atoms with van der Waals surface area (Å²) >= 11 is 0. The summed E-state index contributed by atoms with van der Waals surface area (Å²) in [6.07, 6.45) is 2.70. The van der Waals surface area contributed by atoms with Gasteiger partial charge in [0.25, 0.3) is 0 Å². The van der Waals surface area contributed by atoms with Crippen LogP contribution in [0.1, 0.15) is 32.6 Å². The molecule has 3 nitrogen and oxygen atoms in total. The smallest absolute Gasteiger partial charge is 0.192 e. The van der Waals surface area contributed by atoms with E-state index in [0.717, 1.165) is 39.4 Å². The number of pyridine rings is 1. The zero-order valence-corrected chi connectivity index (χ0v) is 11.4. The first-order valence-electron chi connectivity index (χ1n) is 5.95. The molecular weight excluding hydrogens is 226 g/mol. The van der Waals surface area contributed by atoms with E-state index in [2.05, 4.69) is 0 Å². The van der Waals surface area contributed by atoms with Gasteiger partial charge in [0, 0.05) is 29.8 Å². The molecule has 1 aromatic carbocycles. The Hall–Kier alpha value is -1.90. The average Bonchev–Trinajstić information content (AvgIpc) is 2.31. The van der Waals surface area contributed by atoms with Crippen LogP contribution in [0, 0.1) is 27.7 Å². The van der Waals surface area contributed by atoms with E-state index in [1.807, 2.05) is 45.5 Å². The van der Waals surface area contributed by atoms with Gasteiger partial charge in [-0.3, -0.25) is 9.59 Å². The fourth-order valence-corrected chi connectivity index (χ4v) is 2.67. The van der Waals surface area contributed by atoms with Crippen molar-refractivity contribution in [1.82, 2.24) is 4.57 Å². The number of hydrogen-bond donors (Lipinski definition) is 0. The summed E-state index contributed by atoms with van der Waals surface area (Å²) in [7, 11) is 1.91. The van der Waals surface area contributed by atoms with Crippen LogP contribution in [-0.4, -0.2) is 10.9 Å². The van der Waals surface area contributed by atoms with Gasteiger partial charge in [-0.25, -0.2) is 0 Å². The number of fused-ring (bicyclic) bond motifs is 1. The maximum Gasteiger partial charge on any atom is 0.192 e. The lowest BCUT2D eigenvalue weighted by Gasteiger charge is -2.16. The quantitative estimate of drug-likeness (QED) is 0.722.